The smallest absolute Gasteiger partial charge is 0.309 e. The second kappa shape index (κ2) is 11.4. The van der Waals surface area contributed by atoms with Crippen molar-refractivity contribution in [3.05, 3.63) is 76.1 Å². The number of aromatic nitrogens is 2. The van der Waals surface area contributed by atoms with Crippen LogP contribution >= 0.6 is 0 Å². The van der Waals surface area contributed by atoms with E-state index in [-0.39, 0.29) is 29.9 Å². The molecular weight excluding hydrogens is 532 g/mol. The zero-order valence-corrected chi connectivity index (χ0v) is 22.8. The number of ether oxygens (including phenoxy) is 3. The third-order valence-corrected chi connectivity index (χ3v) is 7.03. The van der Waals surface area contributed by atoms with Gasteiger partial charge in [0.05, 0.1) is 47.8 Å². The van der Waals surface area contributed by atoms with Gasteiger partial charge in [-0.2, -0.15) is 0 Å². The predicted molar refractivity (Wildman–Crippen MR) is 149 cm³/mol. The minimum Gasteiger partial charge on any atom is -0.444 e. The Labute approximate surface area is 234 Å². The van der Waals surface area contributed by atoms with Crippen LogP contribution in [-0.2, 0) is 42.7 Å². The van der Waals surface area contributed by atoms with Gasteiger partial charge in [0.25, 0.3) is 17.5 Å². The van der Waals surface area contributed by atoms with Gasteiger partial charge < -0.3 is 23.3 Å². The summed E-state index contributed by atoms with van der Waals surface area (Å²) in [6.07, 6.45) is 3.40. The molecule has 1 aliphatic rings. The summed E-state index contributed by atoms with van der Waals surface area (Å²) in [7, 11) is 5.10. The van der Waals surface area contributed by atoms with Gasteiger partial charge in [-0.25, -0.2) is 4.90 Å². The zero-order valence-electron chi connectivity index (χ0n) is 22.8. The molecule has 0 spiro atoms. The number of methoxy groups -OCH3 is 1. The number of nitro groups is 1. The van der Waals surface area contributed by atoms with Crippen LogP contribution in [0.5, 0.6) is 0 Å². The molecule has 0 radical (unpaired) electrons. The number of hydrogen-bond donors (Lipinski definition) is 0. The van der Waals surface area contributed by atoms with Crippen molar-refractivity contribution in [2.75, 3.05) is 33.7 Å². The molecular formula is C29H28N4O8. The maximum Gasteiger partial charge on any atom is 0.309 e. The molecule has 12 nitrogen and oxygen atoms in total. The number of nitro benzene ring substituents is 1. The molecule has 2 aromatic carbocycles. The largest absolute Gasteiger partial charge is 0.444 e. The van der Waals surface area contributed by atoms with Gasteiger partial charge in [0.1, 0.15) is 0 Å². The van der Waals surface area contributed by atoms with Crippen LogP contribution in [0, 0.1) is 10.1 Å². The molecule has 1 aliphatic heterocycles. The molecule has 2 aromatic heterocycles. The van der Waals surface area contributed by atoms with E-state index >= 15 is 0 Å². The molecule has 41 heavy (non-hydrogen) atoms. The standard InChI is InChI=1S/C29H28N4O8/c1-30-15-21(19-6-4-5-7-23(19)30)26-27(22-16-31(2)24-14-18(33(37)38)8-9-20(22)24)29(36)32(28(26)35)17-41-25(34)10-11-40-13-12-39-3/h4-9,14-16H,10-13,17H2,1-3H3. The maximum atomic E-state index is 13.9. The fourth-order valence-electron chi connectivity index (χ4n) is 5.03. The van der Waals surface area contributed by atoms with Gasteiger partial charge in [0.15, 0.2) is 6.73 Å². The maximum absolute atomic E-state index is 13.9. The first kappa shape index (κ1) is 27.7. The summed E-state index contributed by atoms with van der Waals surface area (Å²) in [6.45, 7) is 0.251. The lowest BCUT2D eigenvalue weighted by Gasteiger charge is -2.15. The van der Waals surface area contributed by atoms with E-state index in [1.165, 1.54) is 12.1 Å². The number of rotatable bonds is 11. The Morgan fingerprint density at radius 2 is 1.51 bits per heavy atom. The molecule has 5 rings (SSSR count). The number of esters is 1. The van der Waals surface area contributed by atoms with Gasteiger partial charge in [0, 0.05) is 73.1 Å². The average Bonchev–Trinajstić information content (AvgIpc) is 3.55. The molecule has 0 N–H and O–H groups in total. The molecule has 0 aliphatic carbocycles. The number of carbonyl (C=O) groups is 3. The van der Waals surface area contributed by atoms with Gasteiger partial charge in [-0.15, -0.1) is 0 Å². The molecule has 12 heteroatoms. The Morgan fingerprint density at radius 3 is 2.17 bits per heavy atom. The summed E-state index contributed by atoms with van der Waals surface area (Å²) in [5.41, 5.74) is 2.58. The van der Waals surface area contributed by atoms with E-state index in [4.69, 9.17) is 14.2 Å². The van der Waals surface area contributed by atoms with Crippen molar-refractivity contribution in [1.82, 2.24) is 14.0 Å². The van der Waals surface area contributed by atoms with Crippen LogP contribution in [0.4, 0.5) is 5.69 Å². The van der Waals surface area contributed by atoms with E-state index in [0.29, 0.717) is 35.2 Å². The van der Waals surface area contributed by atoms with Gasteiger partial charge in [0.2, 0.25) is 0 Å². The summed E-state index contributed by atoms with van der Waals surface area (Å²) >= 11 is 0. The summed E-state index contributed by atoms with van der Waals surface area (Å²) in [5.74, 6) is -1.86. The van der Waals surface area contributed by atoms with Crippen molar-refractivity contribution in [1.29, 1.82) is 0 Å². The van der Waals surface area contributed by atoms with Crippen LogP contribution in [0.25, 0.3) is 33.0 Å². The lowest BCUT2D eigenvalue weighted by atomic mass is 9.95. The molecule has 0 saturated carbocycles. The molecule has 0 unspecified atom stereocenters. The number of aryl methyl sites for hydroxylation is 2. The van der Waals surface area contributed by atoms with E-state index in [9.17, 15) is 24.5 Å². The van der Waals surface area contributed by atoms with E-state index in [1.54, 1.807) is 37.2 Å². The van der Waals surface area contributed by atoms with Crippen LogP contribution in [-0.4, -0.2) is 70.4 Å². The summed E-state index contributed by atoms with van der Waals surface area (Å²) in [6, 6.07) is 11.9. The zero-order chi connectivity index (χ0) is 29.3. The van der Waals surface area contributed by atoms with Gasteiger partial charge in [-0.05, 0) is 12.1 Å². The average molecular weight is 561 g/mol. The number of fused-ring (bicyclic) bond motifs is 2. The molecule has 0 saturated heterocycles. The summed E-state index contributed by atoms with van der Waals surface area (Å²) in [4.78, 5) is 51.9. The molecule has 212 valence electrons. The van der Waals surface area contributed by atoms with Crippen molar-refractivity contribution in [2.24, 2.45) is 14.1 Å². The van der Waals surface area contributed by atoms with Gasteiger partial charge in [-0.1, -0.05) is 18.2 Å². The van der Waals surface area contributed by atoms with Crippen molar-refractivity contribution in [2.45, 2.75) is 6.42 Å². The monoisotopic (exact) mass is 560 g/mol. The lowest BCUT2D eigenvalue weighted by molar-refractivity contribution is -0.384. The fraction of sp³-hybridized carbons (Fsp3) is 0.276. The molecule has 0 atom stereocenters. The molecule has 4 aromatic rings. The van der Waals surface area contributed by atoms with Crippen molar-refractivity contribution in [3.63, 3.8) is 0 Å². The minimum atomic E-state index is -0.632. The van der Waals surface area contributed by atoms with E-state index in [1.807, 2.05) is 35.9 Å². The Morgan fingerprint density at radius 1 is 0.878 bits per heavy atom. The predicted octanol–water partition coefficient (Wildman–Crippen LogP) is 3.41. The first-order valence-electron chi connectivity index (χ1n) is 12.8. The summed E-state index contributed by atoms with van der Waals surface area (Å²) in [5, 5.41) is 12.7. The Balaban J connectivity index is 1.55. The van der Waals surface area contributed by atoms with Crippen LogP contribution in [0.3, 0.4) is 0 Å². The molecule has 3 heterocycles. The van der Waals surface area contributed by atoms with Crippen LogP contribution < -0.4 is 0 Å². The number of para-hydroxylation sites is 1. The van der Waals surface area contributed by atoms with Gasteiger partial charge >= 0.3 is 5.97 Å². The number of amides is 2. The van der Waals surface area contributed by atoms with Crippen LogP contribution in [0.2, 0.25) is 0 Å². The van der Waals surface area contributed by atoms with Crippen LogP contribution in [0.1, 0.15) is 17.5 Å². The minimum absolute atomic E-state index is 0.0570. The van der Waals surface area contributed by atoms with E-state index < -0.39 is 29.4 Å². The van der Waals surface area contributed by atoms with Crippen molar-refractivity contribution < 1.29 is 33.5 Å². The number of hydrogen-bond acceptors (Lipinski definition) is 8. The van der Waals surface area contributed by atoms with Crippen molar-refractivity contribution >= 4 is 56.4 Å². The van der Waals surface area contributed by atoms with E-state index in [2.05, 4.69) is 0 Å². The highest BCUT2D eigenvalue weighted by atomic mass is 16.6. The second-order valence-electron chi connectivity index (χ2n) is 9.57. The molecule has 0 bridgehead atoms. The quantitative estimate of drug-likeness (QED) is 0.0896. The highest BCUT2D eigenvalue weighted by Gasteiger charge is 2.42. The van der Waals surface area contributed by atoms with Gasteiger partial charge in [-0.3, -0.25) is 24.5 Å². The third kappa shape index (κ3) is 5.10. The molecule has 0 fully saturated rings. The summed E-state index contributed by atoms with van der Waals surface area (Å²) < 4.78 is 19.0. The first-order valence-corrected chi connectivity index (χ1v) is 12.8. The topological polar surface area (TPSA) is 135 Å². The first-order chi connectivity index (χ1) is 19.7. The SMILES string of the molecule is COCCOCCC(=O)OCN1C(=O)C(c2cn(C)c3ccccc23)=C(c2cn(C)c3cc([N+](=O)[O-])ccc23)C1=O. The number of benzene rings is 2. The van der Waals surface area contributed by atoms with E-state index in [0.717, 1.165) is 15.8 Å². The Kier molecular flexibility index (Phi) is 7.68. The van der Waals surface area contributed by atoms with Crippen LogP contribution in [0.15, 0.2) is 54.9 Å². The second-order valence-corrected chi connectivity index (χ2v) is 9.57. The number of nitrogens with zero attached hydrogens (tertiary/aromatic N) is 4. The number of imide groups is 1. The number of carbonyl (C=O) groups excluding carboxylic acids is 3. The fourth-order valence-corrected chi connectivity index (χ4v) is 5.03. The highest BCUT2D eigenvalue weighted by molar-refractivity contribution is 6.50. The number of non-ortho nitro benzene ring substituents is 1. The highest BCUT2D eigenvalue weighted by Crippen LogP contribution is 2.42. The Hall–Kier alpha value is -4.81. The normalized spacial score (nSPS) is 13.7. The third-order valence-electron chi connectivity index (χ3n) is 7.03. The Bertz CT molecular complexity index is 1730. The molecule has 2 amide bonds. The van der Waals surface area contributed by atoms with Crippen molar-refractivity contribution in [3.8, 4) is 0 Å². The lowest BCUT2D eigenvalue weighted by Crippen LogP contribution is -2.34.